The highest BCUT2D eigenvalue weighted by atomic mass is 35.5. The van der Waals surface area contributed by atoms with Gasteiger partial charge in [0.05, 0.1) is 35.0 Å². The zero-order valence-corrected chi connectivity index (χ0v) is 19.8. The Morgan fingerprint density at radius 1 is 1.21 bits per heavy atom. The van der Waals surface area contributed by atoms with E-state index in [9.17, 15) is 14.4 Å². The molecule has 0 spiro atoms. The zero-order valence-electron chi connectivity index (χ0n) is 18.3. The number of carbonyl (C=O) groups excluding carboxylic acids is 3. The Bertz CT molecular complexity index is 958. The van der Waals surface area contributed by atoms with Crippen molar-refractivity contribution in [3.8, 4) is 0 Å². The number of nitrogens with zero attached hydrogens (tertiary/aromatic N) is 1. The molecule has 0 aromatic heterocycles. The van der Waals surface area contributed by atoms with Crippen molar-refractivity contribution in [1.29, 1.82) is 0 Å². The molecule has 180 valence electrons. The van der Waals surface area contributed by atoms with Crippen LogP contribution in [0.5, 0.6) is 0 Å². The van der Waals surface area contributed by atoms with Crippen LogP contribution in [0.3, 0.4) is 0 Å². The molecular weight excluding hydrogens is 476 g/mol. The molecule has 33 heavy (non-hydrogen) atoms. The van der Waals surface area contributed by atoms with Crippen LogP contribution in [0.15, 0.2) is 18.3 Å². The van der Waals surface area contributed by atoms with Gasteiger partial charge >= 0.3 is 12.1 Å². The Morgan fingerprint density at radius 2 is 1.94 bits per heavy atom. The van der Waals surface area contributed by atoms with Crippen molar-refractivity contribution in [2.45, 2.75) is 38.8 Å². The van der Waals surface area contributed by atoms with E-state index in [-0.39, 0.29) is 52.4 Å². The molecule has 1 aromatic carbocycles. The lowest BCUT2D eigenvalue weighted by molar-refractivity contribution is -0.137. The number of amides is 1. The van der Waals surface area contributed by atoms with Crippen LogP contribution in [0.2, 0.25) is 10.0 Å². The van der Waals surface area contributed by atoms with Crippen molar-refractivity contribution in [1.82, 2.24) is 10.6 Å². The van der Waals surface area contributed by atoms with E-state index in [1.807, 2.05) is 0 Å². The number of esters is 1. The third-order valence-electron chi connectivity index (χ3n) is 5.45. The summed E-state index contributed by atoms with van der Waals surface area (Å²) in [6, 6.07) is 0.705. The van der Waals surface area contributed by atoms with E-state index in [1.165, 1.54) is 12.3 Å². The van der Waals surface area contributed by atoms with E-state index >= 15 is 4.39 Å². The summed E-state index contributed by atoms with van der Waals surface area (Å²) in [6.45, 7) is 4.73. The summed E-state index contributed by atoms with van der Waals surface area (Å²) in [6.07, 6.45) is 3.25. The normalized spacial score (nSPS) is 21.7. The molecule has 2 N–H and O–H groups in total. The number of benzene rings is 1. The minimum atomic E-state index is -0.656. The molecule has 1 aliphatic heterocycles. The topological polar surface area (TPSA) is 97.0 Å². The van der Waals surface area contributed by atoms with Crippen molar-refractivity contribution >= 4 is 46.7 Å². The van der Waals surface area contributed by atoms with Gasteiger partial charge < -0.3 is 25.0 Å². The van der Waals surface area contributed by atoms with E-state index in [0.717, 1.165) is 6.07 Å². The van der Waals surface area contributed by atoms with Crippen molar-refractivity contribution < 1.29 is 28.2 Å². The van der Waals surface area contributed by atoms with Gasteiger partial charge in [-0.05, 0) is 32.8 Å². The van der Waals surface area contributed by atoms with Gasteiger partial charge in [-0.15, -0.1) is 0 Å². The predicted octanol–water partition coefficient (Wildman–Crippen LogP) is 3.69. The van der Waals surface area contributed by atoms with Gasteiger partial charge in [0.25, 0.3) is 0 Å². The van der Waals surface area contributed by atoms with Crippen LogP contribution < -0.4 is 15.5 Å². The van der Waals surface area contributed by atoms with Gasteiger partial charge in [-0.2, -0.15) is 0 Å². The fourth-order valence-electron chi connectivity index (χ4n) is 3.77. The molecule has 8 nitrogen and oxygen atoms in total. The van der Waals surface area contributed by atoms with E-state index < -0.39 is 23.8 Å². The molecule has 1 aliphatic carbocycles. The Labute approximate surface area is 201 Å². The maximum atomic E-state index is 15.0. The number of rotatable bonds is 9. The molecule has 1 saturated heterocycles. The highest BCUT2D eigenvalue weighted by molar-refractivity contribution is 6.45. The molecule has 2 aliphatic rings. The first-order valence-corrected chi connectivity index (χ1v) is 11.5. The summed E-state index contributed by atoms with van der Waals surface area (Å²) in [5.74, 6) is -1.86. The third-order valence-corrected chi connectivity index (χ3v) is 6.30. The summed E-state index contributed by atoms with van der Waals surface area (Å²) in [5, 5.41) is 5.64. The van der Waals surface area contributed by atoms with Crippen molar-refractivity contribution in [3.05, 3.63) is 39.8 Å². The first-order valence-electron chi connectivity index (χ1n) is 10.8. The van der Waals surface area contributed by atoms with Gasteiger partial charge in [-0.1, -0.05) is 23.2 Å². The Hall–Kier alpha value is -2.52. The van der Waals surface area contributed by atoms with Crippen LogP contribution in [0.4, 0.5) is 14.9 Å². The summed E-state index contributed by atoms with van der Waals surface area (Å²) in [7, 11) is 0. The van der Waals surface area contributed by atoms with Gasteiger partial charge in [-0.25, -0.2) is 14.0 Å². The van der Waals surface area contributed by atoms with Crippen LogP contribution in [0, 0.1) is 11.7 Å². The summed E-state index contributed by atoms with van der Waals surface area (Å²) in [5.41, 5.74) is 0.126. The number of anilines is 1. The fourth-order valence-corrected chi connectivity index (χ4v) is 4.32. The second-order valence-corrected chi connectivity index (χ2v) is 8.50. The lowest BCUT2D eigenvalue weighted by Gasteiger charge is -2.22. The average Bonchev–Trinajstić information content (AvgIpc) is 3.40. The maximum absolute atomic E-state index is 15.0. The highest BCUT2D eigenvalue weighted by Crippen LogP contribution is 2.42. The van der Waals surface area contributed by atoms with Crippen LogP contribution in [0.1, 0.15) is 37.0 Å². The first-order chi connectivity index (χ1) is 15.8. The van der Waals surface area contributed by atoms with E-state index in [0.29, 0.717) is 25.9 Å². The molecule has 0 radical (unpaired) electrons. The Kier molecular flexibility index (Phi) is 8.42. The van der Waals surface area contributed by atoms with E-state index in [4.69, 9.17) is 32.7 Å². The molecule has 3 atom stereocenters. The summed E-state index contributed by atoms with van der Waals surface area (Å²) in [4.78, 5) is 37.5. The number of Topliss-reactive ketones (excluding diaryl/α,β-unsaturated/α-hetero) is 1. The second kappa shape index (κ2) is 11.1. The summed E-state index contributed by atoms with van der Waals surface area (Å²) < 4.78 is 24.7. The Balaban J connectivity index is 1.65. The summed E-state index contributed by atoms with van der Waals surface area (Å²) >= 11 is 12.8. The molecule has 11 heteroatoms. The molecule has 1 aromatic rings. The number of ketones is 1. The number of hydrogen-bond acceptors (Lipinski definition) is 7. The lowest BCUT2D eigenvalue weighted by atomic mass is 10.1. The number of halogens is 3. The minimum absolute atomic E-state index is 0.00687. The van der Waals surface area contributed by atoms with Crippen LogP contribution in [0.25, 0.3) is 0 Å². The van der Waals surface area contributed by atoms with Gasteiger partial charge in [0.2, 0.25) is 0 Å². The minimum Gasteiger partial charge on any atom is -0.463 e. The monoisotopic (exact) mass is 501 g/mol. The van der Waals surface area contributed by atoms with Gasteiger partial charge in [0, 0.05) is 42.9 Å². The number of alkyl carbamates (subject to hydrolysis) is 1. The van der Waals surface area contributed by atoms with Crippen LogP contribution in [-0.4, -0.2) is 56.2 Å². The third kappa shape index (κ3) is 6.09. The van der Waals surface area contributed by atoms with Gasteiger partial charge in [-0.3, -0.25) is 4.79 Å². The standard InChI is InChI=1S/C22H26Cl2FN3O5/c1-3-32-17(29)5-7-26-16-10-13(16)21(30)14-9-15(25)20(19(24)18(14)23)28-8-6-12(11-28)27-22(31)33-4-2/h5,7,9,12-13,16,26H,3-4,6,8,10-11H2,1-2H3,(H,27,31). The number of ether oxygens (including phenoxy) is 2. The second-order valence-electron chi connectivity index (χ2n) is 7.74. The molecule has 0 bridgehead atoms. The van der Waals surface area contributed by atoms with E-state index in [2.05, 4.69) is 10.6 Å². The van der Waals surface area contributed by atoms with Gasteiger partial charge in [0.15, 0.2) is 5.78 Å². The molecule has 3 rings (SSSR count). The molecular formula is C22H26Cl2FN3O5. The number of hydrogen-bond donors (Lipinski definition) is 2. The molecule has 3 unspecified atom stereocenters. The lowest BCUT2D eigenvalue weighted by Crippen LogP contribution is -2.37. The SMILES string of the molecule is CCOC(=O)C=CNC1CC1C(=O)c1cc(F)c(N2CCC(NC(=O)OCC)C2)c(Cl)c1Cl. The van der Waals surface area contributed by atoms with Crippen LogP contribution in [-0.2, 0) is 14.3 Å². The number of carbonyl (C=O) groups is 3. The maximum Gasteiger partial charge on any atom is 0.407 e. The van der Waals surface area contributed by atoms with Crippen molar-refractivity contribution in [2.75, 3.05) is 31.2 Å². The molecule has 1 saturated carbocycles. The highest BCUT2D eigenvalue weighted by Gasteiger charge is 2.44. The smallest absolute Gasteiger partial charge is 0.407 e. The molecule has 2 fully saturated rings. The molecule has 1 amide bonds. The van der Waals surface area contributed by atoms with E-state index in [1.54, 1.807) is 18.7 Å². The Morgan fingerprint density at radius 3 is 2.64 bits per heavy atom. The first kappa shape index (κ1) is 25.1. The quantitative estimate of drug-likeness (QED) is 0.230. The van der Waals surface area contributed by atoms with Crippen LogP contribution >= 0.6 is 23.2 Å². The average molecular weight is 502 g/mol. The van der Waals surface area contributed by atoms with Crippen molar-refractivity contribution in [2.24, 2.45) is 5.92 Å². The zero-order chi connectivity index (χ0) is 24.1. The van der Waals surface area contributed by atoms with Crippen molar-refractivity contribution in [3.63, 3.8) is 0 Å². The fraction of sp³-hybridized carbons (Fsp3) is 0.500. The predicted molar refractivity (Wildman–Crippen MR) is 122 cm³/mol. The largest absolute Gasteiger partial charge is 0.463 e. The molecule has 1 heterocycles. The number of nitrogens with one attached hydrogen (secondary N) is 2. The van der Waals surface area contributed by atoms with Gasteiger partial charge in [0.1, 0.15) is 5.82 Å².